The molecule has 4 nitrogen and oxygen atoms in total. The van der Waals surface area contributed by atoms with Gasteiger partial charge in [0.2, 0.25) is 5.91 Å². The van der Waals surface area contributed by atoms with Crippen LogP contribution in [-0.4, -0.2) is 16.9 Å². The molecule has 2 aromatic rings. The second-order valence-corrected chi connectivity index (χ2v) is 7.38. The van der Waals surface area contributed by atoms with Crippen LogP contribution < -0.4 is 11.1 Å². The predicted octanol–water partition coefficient (Wildman–Crippen LogP) is 2.86. The van der Waals surface area contributed by atoms with Crippen molar-refractivity contribution in [2.24, 2.45) is 11.1 Å². The van der Waals surface area contributed by atoms with Crippen LogP contribution in [0.15, 0.2) is 22.2 Å². The van der Waals surface area contributed by atoms with Gasteiger partial charge in [0.1, 0.15) is 5.01 Å². The number of hydrogen-bond acceptors (Lipinski definition) is 5. The summed E-state index contributed by atoms with van der Waals surface area (Å²) in [6.07, 6.45) is 0. The normalized spacial score (nSPS) is 13.3. The third-order valence-electron chi connectivity index (χ3n) is 2.96. The standard InChI is InChI=1S/C14H19N3OS2/c1-14(2,3)11(12(15)18)16-6-10-8-20-13(17-10)9-4-5-19-7-9/h4-5,7-8,11,16H,6H2,1-3H3,(H2,15,18). The summed E-state index contributed by atoms with van der Waals surface area (Å²) >= 11 is 3.27. The molecule has 0 saturated heterocycles. The van der Waals surface area contributed by atoms with Crippen molar-refractivity contribution in [2.75, 3.05) is 0 Å². The number of rotatable bonds is 5. The quantitative estimate of drug-likeness (QED) is 0.892. The summed E-state index contributed by atoms with van der Waals surface area (Å²) in [7, 11) is 0. The lowest BCUT2D eigenvalue weighted by atomic mass is 9.86. The molecule has 1 amide bonds. The number of hydrogen-bond donors (Lipinski definition) is 2. The second kappa shape index (κ2) is 6.03. The monoisotopic (exact) mass is 309 g/mol. The number of carbonyl (C=O) groups excluding carboxylic acids is 1. The lowest BCUT2D eigenvalue weighted by Crippen LogP contribution is -2.49. The Hall–Kier alpha value is -1.24. The number of nitrogens with one attached hydrogen (secondary N) is 1. The average molecular weight is 309 g/mol. The molecule has 20 heavy (non-hydrogen) atoms. The molecule has 2 heterocycles. The van der Waals surface area contributed by atoms with Crippen LogP contribution in [0.2, 0.25) is 0 Å². The summed E-state index contributed by atoms with van der Waals surface area (Å²) in [5.74, 6) is -0.328. The van der Waals surface area contributed by atoms with E-state index in [2.05, 4.69) is 21.7 Å². The summed E-state index contributed by atoms with van der Waals surface area (Å²) in [4.78, 5) is 16.1. The number of primary amides is 1. The third kappa shape index (κ3) is 3.65. The van der Waals surface area contributed by atoms with Gasteiger partial charge in [-0.05, 0) is 16.9 Å². The molecular formula is C14H19N3OS2. The number of nitrogens with zero attached hydrogens (tertiary/aromatic N) is 1. The van der Waals surface area contributed by atoms with E-state index in [9.17, 15) is 4.79 Å². The largest absolute Gasteiger partial charge is 0.368 e. The van der Waals surface area contributed by atoms with Crippen LogP contribution in [0.4, 0.5) is 0 Å². The molecule has 3 N–H and O–H groups in total. The number of nitrogens with two attached hydrogens (primary N) is 1. The van der Waals surface area contributed by atoms with E-state index >= 15 is 0 Å². The Morgan fingerprint density at radius 1 is 1.45 bits per heavy atom. The highest BCUT2D eigenvalue weighted by Crippen LogP contribution is 2.26. The van der Waals surface area contributed by atoms with E-state index in [4.69, 9.17) is 5.73 Å². The zero-order valence-electron chi connectivity index (χ0n) is 11.8. The summed E-state index contributed by atoms with van der Waals surface area (Å²) in [5, 5.41) is 10.3. The molecule has 6 heteroatoms. The highest BCUT2D eigenvalue weighted by molar-refractivity contribution is 7.14. The van der Waals surface area contributed by atoms with E-state index < -0.39 is 0 Å². The maximum atomic E-state index is 11.5. The van der Waals surface area contributed by atoms with Crippen molar-refractivity contribution in [3.8, 4) is 10.6 Å². The van der Waals surface area contributed by atoms with E-state index in [0.717, 1.165) is 16.3 Å². The van der Waals surface area contributed by atoms with Gasteiger partial charge in [0.15, 0.2) is 0 Å². The fraction of sp³-hybridized carbons (Fsp3) is 0.429. The van der Waals surface area contributed by atoms with E-state index in [1.807, 2.05) is 31.5 Å². The molecule has 108 valence electrons. The molecule has 0 aromatic carbocycles. The van der Waals surface area contributed by atoms with Gasteiger partial charge >= 0.3 is 0 Å². The summed E-state index contributed by atoms with van der Waals surface area (Å²) < 4.78 is 0. The number of thiophene rings is 1. The number of aromatic nitrogens is 1. The van der Waals surface area contributed by atoms with Crippen LogP contribution in [0.25, 0.3) is 10.6 Å². The molecule has 0 bridgehead atoms. The fourth-order valence-electron chi connectivity index (χ4n) is 1.95. The molecule has 0 fully saturated rings. The minimum atomic E-state index is -0.367. The van der Waals surface area contributed by atoms with Gasteiger partial charge in [0.25, 0.3) is 0 Å². The van der Waals surface area contributed by atoms with Crippen molar-refractivity contribution in [1.82, 2.24) is 10.3 Å². The van der Waals surface area contributed by atoms with Crippen molar-refractivity contribution in [3.63, 3.8) is 0 Å². The number of amides is 1. The molecular weight excluding hydrogens is 290 g/mol. The number of thiazole rings is 1. The van der Waals surface area contributed by atoms with Crippen molar-refractivity contribution in [1.29, 1.82) is 0 Å². The van der Waals surface area contributed by atoms with Gasteiger partial charge in [-0.15, -0.1) is 11.3 Å². The van der Waals surface area contributed by atoms with Gasteiger partial charge in [-0.1, -0.05) is 20.8 Å². The predicted molar refractivity (Wildman–Crippen MR) is 84.7 cm³/mol. The molecule has 1 unspecified atom stereocenters. The maximum Gasteiger partial charge on any atom is 0.235 e. The average Bonchev–Trinajstić information content (AvgIpc) is 2.96. The molecule has 0 aliphatic rings. The topological polar surface area (TPSA) is 68.0 Å². The molecule has 0 radical (unpaired) electrons. The minimum Gasteiger partial charge on any atom is -0.368 e. The van der Waals surface area contributed by atoms with Gasteiger partial charge < -0.3 is 5.73 Å². The van der Waals surface area contributed by atoms with Gasteiger partial charge in [-0.2, -0.15) is 11.3 Å². The first-order chi connectivity index (χ1) is 9.38. The molecule has 0 spiro atoms. The van der Waals surface area contributed by atoms with Gasteiger partial charge in [-0.25, -0.2) is 4.98 Å². The second-order valence-electron chi connectivity index (χ2n) is 5.74. The van der Waals surface area contributed by atoms with Crippen LogP contribution in [0, 0.1) is 5.41 Å². The first-order valence-corrected chi connectivity index (χ1v) is 8.20. The number of carbonyl (C=O) groups is 1. The highest BCUT2D eigenvalue weighted by Gasteiger charge is 2.29. The van der Waals surface area contributed by atoms with Crippen LogP contribution in [0.5, 0.6) is 0 Å². The molecule has 0 saturated carbocycles. The Labute approximate surface area is 127 Å². The van der Waals surface area contributed by atoms with E-state index in [1.54, 1.807) is 22.7 Å². The lowest BCUT2D eigenvalue weighted by molar-refractivity contribution is -0.122. The molecule has 0 aliphatic heterocycles. The van der Waals surface area contributed by atoms with Crippen LogP contribution in [-0.2, 0) is 11.3 Å². The van der Waals surface area contributed by atoms with Crippen molar-refractivity contribution in [3.05, 3.63) is 27.9 Å². The van der Waals surface area contributed by atoms with Gasteiger partial charge in [0.05, 0.1) is 11.7 Å². The molecule has 0 aliphatic carbocycles. The van der Waals surface area contributed by atoms with Crippen LogP contribution >= 0.6 is 22.7 Å². The summed E-state index contributed by atoms with van der Waals surface area (Å²) in [6, 6.07) is 1.69. The Morgan fingerprint density at radius 3 is 2.75 bits per heavy atom. The van der Waals surface area contributed by atoms with Gasteiger partial charge in [0, 0.05) is 22.9 Å². The molecule has 2 aromatic heterocycles. The summed E-state index contributed by atoms with van der Waals surface area (Å²) in [6.45, 7) is 6.53. The van der Waals surface area contributed by atoms with Crippen LogP contribution in [0.1, 0.15) is 26.5 Å². The highest BCUT2D eigenvalue weighted by atomic mass is 32.1. The van der Waals surface area contributed by atoms with Crippen LogP contribution in [0.3, 0.4) is 0 Å². The molecule has 1 atom stereocenters. The Morgan fingerprint density at radius 2 is 2.20 bits per heavy atom. The van der Waals surface area contributed by atoms with Crippen molar-refractivity contribution in [2.45, 2.75) is 33.4 Å². The van der Waals surface area contributed by atoms with Crippen molar-refractivity contribution < 1.29 is 4.79 Å². The van der Waals surface area contributed by atoms with E-state index in [-0.39, 0.29) is 17.4 Å². The summed E-state index contributed by atoms with van der Waals surface area (Å²) in [5.41, 5.74) is 7.32. The lowest BCUT2D eigenvalue weighted by Gasteiger charge is -2.28. The minimum absolute atomic E-state index is 0.210. The van der Waals surface area contributed by atoms with Gasteiger partial charge in [-0.3, -0.25) is 10.1 Å². The first-order valence-electron chi connectivity index (χ1n) is 6.37. The maximum absolute atomic E-state index is 11.5. The van der Waals surface area contributed by atoms with E-state index in [1.165, 1.54) is 0 Å². The SMILES string of the molecule is CC(C)(C)C(NCc1csc(-c2ccsc2)n1)C(N)=O. The Bertz CT molecular complexity index is 570. The Balaban J connectivity index is 2.02. The van der Waals surface area contributed by atoms with E-state index in [0.29, 0.717) is 6.54 Å². The zero-order chi connectivity index (χ0) is 14.8. The zero-order valence-corrected chi connectivity index (χ0v) is 13.5. The smallest absolute Gasteiger partial charge is 0.235 e. The Kier molecular flexibility index (Phi) is 4.57. The molecule has 2 rings (SSSR count). The van der Waals surface area contributed by atoms with Crippen molar-refractivity contribution >= 4 is 28.6 Å². The third-order valence-corrected chi connectivity index (χ3v) is 4.58. The fourth-order valence-corrected chi connectivity index (χ4v) is 3.48. The first kappa shape index (κ1) is 15.2.